The van der Waals surface area contributed by atoms with Crippen molar-refractivity contribution in [3.63, 3.8) is 0 Å². The van der Waals surface area contributed by atoms with Gasteiger partial charge < -0.3 is 25.6 Å². The van der Waals surface area contributed by atoms with Gasteiger partial charge in [0.25, 0.3) is 5.91 Å². The standard InChI is InChI=1S/C14H20N2O4/c1-19-10-2-3-11(12(17)8-10)13(18)16-14(9-15)4-6-20-7-5-14/h2-3,8,17H,4-7,9,15H2,1H3,(H,16,18). The first kappa shape index (κ1) is 14.6. The monoisotopic (exact) mass is 280 g/mol. The summed E-state index contributed by atoms with van der Waals surface area (Å²) in [6, 6.07) is 4.58. The Bertz CT molecular complexity index is 484. The maximum Gasteiger partial charge on any atom is 0.255 e. The van der Waals surface area contributed by atoms with Crippen molar-refractivity contribution >= 4 is 5.91 Å². The Hall–Kier alpha value is -1.79. The molecule has 2 rings (SSSR count). The molecule has 0 atom stereocenters. The Morgan fingerprint density at radius 3 is 2.75 bits per heavy atom. The van der Waals surface area contributed by atoms with Gasteiger partial charge in [0.2, 0.25) is 0 Å². The van der Waals surface area contributed by atoms with E-state index in [1.807, 2.05) is 0 Å². The highest BCUT2D eigenvalue weighted by Gasteiger charge is 2.33. The zero-order chi connectivity index (χ0) is 14.6. The normalized spacial score (nSPS) is 17.5. The third-order valence-corrected chi connectivity index (χ3v) is 3.67. The first-order chi connectivity index (χ1) is 9.60. The van der Waals surface area contributed by atoms with Crippen LogP contribution in [0.5, 0.6) is 11.5 Å². The molecule has 1 saturated heterocycles. The van der Waals surface area contributed by atoms with Crippen LogP contribution in [0, 0.1) is 0 Å². The number of hydrogen-bond acceptors (Lipinski definition) is 5. The van der Waals surface area contributed by atoms with Crippen molar-refractivity contribution < 1.29 is 19.4 Å². The fourth-order valence-electron chi connectivity index (χ4n) is 2.28. The molecule has 0 radical (unpaired) electrons. The summed E-state index contributed by atoms with van der Waals surface area (Å²) in [6.45, 7) is 1.50. The molecule has 1 aliphatic heterocycles. The number of benzene rings is 1. The molecular weight excluding hydrogens is 260 g/mol. The van der Waals surface area contributed by atoms with Gasteiger partial charge in [-0.1, -0.05) is 0 Å². The van der Waals surface area contributed by atoms with E-state index in [0.29, 0.717) is 38.3 Å². The van der Waals surface area contributed by atoms with Crippen LogP contribution in [0.3, 0.4) is 0 Å². The predicted octanol–water partition coefficient (Wildman–Crippen LogP) is 0.638. The summed E-state index contributed by atoms with van der Waals surface area (Å²) < 4.78 is 10.3. The van der Waals surface area contributed by atoms with E-state index in [9.17, 15) is 9.90 Å². The number of amides is 1. The van der Waals surface area contributed by atoms with Gasteiger partial charge in [-0.15, -0.1) is 0 Å². The lowest BCUT2D eigenvalue weighted by Crippen LogP contribution is -2.56. The molecule has 6 heteroatoms. The summed E-state index contributed by atoms with van der Waals surface area (Å²) in [5.74, 6) is 0.0530. The van der Waals surface area contributed by atoms with E-state index in [-0.39, 0.29) is 17.2 Å². The summed E-state index contributed by atoms with van der Waals surface area (Å²) in [4.78, 5) is 12.3. The van der Waals surface area contributed by atoms with Crippen LogP contribution in [0.2, 0.25) is 0 Å². The quantitative estimate of drug-likeness (QED) is 0.752. The first-order valence-corrected chi connectivity index (χ1v) is 6.57. The number of hydrogen-bond donors (Lipinski definition) is 3. The van der Waals surface area contributed by atoms with E-state index in [4.69, 9.17) is 15.2 Å². The summed E-state index contributed by atoms with van der Waals surface area (Å²) in [7, 11) is 1.50. The largest absolute Gasteiger partial charge is 0.507 e. The lowest BCUT2D eigenvalue weighted by atomic mass is 9.89. The fourth-order valence-corrected chi connectivity index (χ4v) is 2.28. The number of aromatic hydroxyl groups is 1. The number of phenols is 1. The molecule has 6 nitrogen and oxygen atoms in total. The molecule has 4 N–H and O–H groups in total. The molecule has 110 valence electrons. The number of rotatable bonds is 4. The summed E-state index contributed by atoms with van der Waals surface area (Å²) in [6.07, 6.45) is 1.35. The third kappa shape index (κ3) is 3.02. The van der Waals surface area contributed by atoms with E-state index in [0.717, 1.165) is 0 Å². The zero-order valence-corrected chi connectivity index (χ0v) is 11.5. The second-order valence-corrected chi connectivity index (χ2v) is 4.93. The van der Waals surface area contributed by atoms with Gasteiger partial charge in [0, 0.05) is 25.8 Å². The fraction of sp³-hybridized carbons (Fsp3) is 0.500. The van der Waals surface area contributed by atoms with Crippen molar-refractivity contribution in [2.75, 3.05) is 26.9 Å². The van der Waals surface area contributed by atoms with Crippen molar-refractivity contribution in [1.29, 1.82) is 0 Å². The second-order valence-electron chi connectivity index (χ2n) is 4.93. The van der Waals surface area contributed by atoms with Crippen molar-refractivity contribution in [2.45, 2.75) is 18.4 Å². The summed E-state index contributed by atoms with van der Waals surface area (Å²) in [5.41, 5.74) is 5.55. The third-order valence-electron chi connectivity index (χ3n) is 3.67. The van der Waals surface area contributed by atoms with Crippen LogP contribution in [0.25, 0.3) is 0 Å². The lowest BCUT2D eigenvalue weighted by molar-refractivity contribution is 0.0388. The Balaban J connectivity index is 2.14. The SMILES string of the molecule is COc1ccc(C(=O)NC2(CN)CCOCC2)c(O)c1. The first-order valence-electron chi connectivity index (χ1n) is 6.57. The number of carbonyl (C=O) groups is 1. The highest BCUT2D eigenvalue weighted by Crippen LogP contribution is 2.25. The van der Waals surface area contributed by atoms with E-state index in [1.54, 1.807) is 6.07 Å². The molecule has 1 heterocycles. The van der Waals surface area contributed by atoms with Crippen LogP contribution >= 0.6 is 0 Å². The predicted molar refractivity (Wildman–Crippen MR) is 74.0 cm³/mol. The highest BCUT2D eigenvalue weighted by atomic mass is 16.5. The van der Waals surface area contributed by atoms with E-state index in [1.165, 1.54) is 19.2 Å². The van der Waals surface area contributed by atoms with Crippen molar-refractivity contribution in [2.24, 2.45) is 5.73 Å². The van der Waals surface area contributed by atoms with Crippen molar-refractivity contribution in [1.82, 2.24) is 5.32 Å². The zero-order valence-electron chi connectivity index (χ0n) is 11.5. The van der Waals surface area contributed by atoms with Gasteiger partial charge in [-0.3, -0.25) is 4.79 Å². The van der Waals surface area contributed by atoms with Gasteiger partial charge in [0.15, 0.2) is 0 Å². The molecule has 1 aromatic carbocycles. The van der Waals surface area contributed by atoms with Crippen LogP contribution in [-0.4, -0.2) is 43.4 Å². The number of methoxy groups -OCH3 is 1. The number of phenolic OH excluding ortho intramolecular Hbond substituents is 1. The van der Waals surface area contributed by atoms with Gasteiger partial charge >= 0.3 is 0 Å². The minimum absolute atomic E-state index is 0.110. The molecule has 0 aliphatic carbocycles. The van der Waals surface area contributed by atoms with Gasteiger partial charge in [0.05, 0.1) is 18.2 Å². The van der Waals surface area contributed by atoms with Crippen LogP contribution < -0.4 is 15.8 Å². The second kappa shape index (κ2) is 6.11. The number of nitrogens with one attached hydrogen (secondary N) is 1. The minimum Gasteiger partial charge on any atom is -0.507 e. The average Bonchev–Trinajstić information content (AvgIpc) is 2.47. The molecule has 1 aliphatic rings. The van der Waals surface area contributed by atoms with E-state index in [2.05, 4.69) is 5.32 Å². The van der Waals surface area contributed by atoms with Crippen molar-refractivity contribution in [3.8, 4) is 11.5 Å². The molecule has 20 heavy (non-hydrogen) atoms. The summed E-state index contributed by atoms with van der Waals surface area (Å²) in [5, 5.41) is 12.8. The Labute approximate surface area is 117 Å². The molecular formula is C14H20N2O4. The van der Waals surface area contributed by atoms with E-state index >= 15 is 0 Å². The molecule has 0 unspecified atom stereocenters. The van der Waals surface area contributed by atoms with Crippen LogP contribution in [0.15, 0.2) is 18.2 Å². The van der Waals surface area contributed by atoms with E-state index < -0.39 is 5.54 Å². The Morgan fingerprint density at radius 1 is 1.50 bits per heavy atom. The van der Waals surface area contributed by atoms with Crippen LogP contribution in [0.4, 0.5) is 0 Å². The van der Waals surface area contributed by atoms with Crippen LogP contribution in [0.1, 0.15) is 23.2 Å². The number of nitrogens with two attached hydrogens (primary N) is 1. The van der Waals surface area contributed by atoms with Gasteiger partial charge in [-0.2, -0.15) is 0 Å². The lowest BCUT2D eigenvalue weighted by Gasteiger charge is -2.37. The summed E-state index contributed by atoms with van der Waals surface area (Å²) >= 11 is 0. The Morgan fingerprint density at radius 2 is 2.20 bits per heavy atom. The van der Waals surface area contributed by atoms with Crippen LogP contribution in [-0.2, 0) is 4.74 Å². The highest BCUT2D eigenvalue weighted by molar-refractivity contribution is 5.97. The van der Waals surface area contributed by atoms with Gasteiger partial charge in [-0.25, -0.2) is 0 Å². The molecule has 0 spiro atoms. The van der Waals surface area contributed by atoms with Gasteiger partial charge in [0.1, 0.15) is 11.5 Å². The minimum atomic E-state index is -0.457. The molecule has 1 amide bonds. The molecule has 0 aromatic heterocycles. The van der Waals surface area contributed by atoms with Gasteiger partial charge in [-0.05, 0) is 25.0 Å². The Kier molecular flexibility index (Phi) is 4.46. The number of carbonyl (C=O) groups excluding carboxylic acids is 1. The maximum absolute atomic E-state index is 12.3. The molecule has 1 aromatic rings. The molecule has 1 fully saturated rings. The maximum atomic E-state index is 12.3. The smallest absolute Gasteiger partial charge is 0.255 e. The topological polar surface area (TPSA) is 93.8 Å². The molecule has 0 saturated carbocycles. The molecule has 0 bridgehead atoms. The average molecular weight is 280 g/mol. The van der Waals surface area contributed by atoms with Crippen molar-refractivity contribution in [3.05, 3.63) is 23.8 Å². The number of ether oxygens (including phenoxy) is 2.